The molecule has 3 aromatic rings. The predicted octanol–water partition coefficient (Wildman–Crippen LogP) is 2.16. The number of nitrogens with one attached hydrogen (secondary N) is 2. The van der Waals surface area contributed by atoms with Crippen LogP contribution in [0.4, 0.5) is 0 Å². The van der Waals surface area contributed by atoms with Crippen molar-refractivity contribution in [2.75, 3.05) is 6.61 Å². The molecule has 1 aromatic heterocycles. The van der Waals surface area contributed by atoms with E-state index >= 15 is 0 Å². The number of benzene rings is 2. The number of rotatable bonds is 10. The Morgan fingerprint density at radius 1 is 1.06 bits per heavy atom. The molecule has 0 fully saturated rings. The van der Waals surface area contributed by atoms with E-state index in [2.05, 4.69) is 20.7 Å². The van der Waals surface area contributed by atoms with Gasteiger partial charge < -0.3 is 15.4 Å². The van der Waals surface area contributed by atoms with E-state index in [1.165, 1.54) is 6.33 Å². The van der Waals surface area contributed by atoms with E-state index in [4.69, 9.17) is 4.74 Å². The number of nitrogens with zero attached hydrogens (tertiary/aromatic N) is 3. The lowest BCUT2D eigenvalue weighted by atomic mass is 10.0. The highest BCUT2D eigenvalue weighted by Crippen LogP contribution is 2.09. The quantitative estimate of drug-likeness (QED) is 0.523. The van der Waals surface area contributed by atoms with Crippen molar-refractivity contribution < 1.29 is 14.3 Å². The van der Waals surface area contributed by atoms with E-state index in [-0.39, 0.29) is 24.3 Å². The van der Waals surface area contributed by atoms with Crippen molar-refractivity contribution in [3.8, 4) is 5.75 Å². The third kappa shape index (κ3) is 6.95. The minimum absolute atomic E-state index is 0.0701. The van der Waals surface area contributed by atoms with Gasteiger partial charge >= 0.3 is 0 Å². The maximum Gasteiger partial charge on any atom is 0.258 e. The maximum atomic E-state index is 12.7. The molecule has 0 spiro atoms. The Hall–Kier alpha value is -3.68. The molecular weight excluding hydrogens is 394 g/mol. The third-order valence-corrected chi connectivity index (χ3v) is 4.65. The average Bonchev–Trinajstić information content (AvgIpc) is 3.28. The molecule has 8 nitrogen and oxygen atoms in total. The molecule has 0 saturated heterocycles. The molecule has 0 bridgehead atoms. The maximum absolute atomic E-state index is 12.7. The van der Waals surface area contributed by atoms with Crippen LogP contribution in [0.15, 0.2) is 67.3 Å². The average molecular weight is 422 g/mol. The second kappa shape index (κ2) is 10.9. The highest BCUT2D eigenvalue weighted by Gasteiger charge is 2.24. The fraction of sp³-hybridized carbons (Fsp3) is 0.304. The fourth-order valence-electron chi connectivity index (χ4n) is 3.05. The summed E-state index contributed by atoms with van der Waals surface area (Å²) in [6.45, 7) is 4.60. The fourth-order valence-corrected chi connectivity index (χ4v) is 3.05. The van der Waals surface area contributed by atoms with Gasteiger partial charge in [-0.05, 0) is 29.2 Å². The summed E-state index contributed by atoms with van der Waals surface area (Å²) >= 11 is 0. The number of carbonyl (C=O) groups is 2. The van der Waals surface area contributed by atoms with Gasteiger partial charge in [-0.2, -0.15) is 5.10 Å². The predicted molar refractivity (Wildman–Crippen MR) is 116 cm³/mol. The highest BCUT2D eigenvalue weighted by atomic mass is 16.5. The molecule has 0 aliphatic carbocycles. The van der Waals surface area contributed by atoms with Crippen LogP contribution in [0.3, 0.4) is 0 Å². The zero-order chi connectivity index (χ0) is 22.1. The summed E-state index contributed by atoms with van der Waals surface area (Å²) < 4.78 is 7.19. The van der Waals surface area contributed by atoms with Gasteiger partial charge in [-0.25, -0.2) is 9.67 Å². The number of ether oxygens (including phenoxy) is 1. The van der Waals surface area contributed by atoms with E-state index in [1.54, 1.807) is 23.1 Å². The van der Waals surface area contributed by atoms with E-state index < -0.39 is 6.04 Å². The minimum Gasteiger partial charge on any atom is -0.484 e. The van der Waals surface area contributed by atoms with E-state index in [1.807, 2.05) is 56.3 Å². The lowest BCUT2D eigenvalue weighted by Gasteiger charge is -2.22. The van der Waals surface area contributed by atoms with Crippen LogP contribution in [0, 0.1) is 5.92 Å². The van der Waals surface area contributed by atoms with E-state index in [0.29, 0.717) is 18.8 Å². The highest BCUT2D eigenvalue weighted by molar-refractivity contribution is 5.88. The van der Waals surface area contributed by atoms with Crippen LogP contribution in [-0.2, 0) is 22.7 Å². The molecule has 0 aliphatic heterocycles. The van der Waals surface area contributed by atoms with Gasteiger partial charge in [-0.15, -0.1) is 0 Å². The summed E-state index contributed by atoms with van der Waals surface area (Å²) in [7, 11) is 0. The van der Waals surface area contributed by atoms with Crippen molar-refractivity contribution in [3.63, 3.8) is 0 Å². The Morgan fingerprint density at radius 2 is 1.84 bits per heavy atom. The monoisotopic (exact) mass is 421 g/mol. The van der Waals surface area contributed by atoms with Gasteiger partial charge in [0.15, 0.2) is 6.61 Å². The number of para-hydroxylation sites is 1. The smallest absolute Gasteiger partial charge is 0.258 e. The molecule has 2 N–H and O–H groups in total. The summed E-state index contributed by atoms with van der Waals surface area (Å²) in [6, 6.07) is 16.3. The van der Waals surface area contributed by atoms with Crippen LogP contribution >= 0.6 is 0 Å². The number of carbonyl (C=O) groups excluding carboxylic acids is 2. The number of amides is 2. The van der Waals surface area contributed by atoms with Gasteiger partial charge in [0.25, 0.3) is 5.91 Å². The van der Waals surface area contributed by atoms with Crippen molar-refractivity contribution in [2.45, 2.75) is 33.0 Å². The Kier molecular flexibility index (Phi) is 7.75. The molecule has 8 heteroatoms. The molecule has 3 rings (SSSR count). The van der Waals surface area contributed by atoms with Crippen molar-refractivity contribution in [2.24, 2.45) is 5.92 Å². The Labute approximate surface area is 181 Å². The first-order valence-electron chi connectivity index (χ1n) is 10.2. The first-order valence-corrected chi connectivity index (χ1v) is 10.2. The topological polar surface area (TPSA) is 98.1 Å². The minimum atomic E-state index is -0.648. The standard InChI is InChI=1S/C23H27N5O3/c1-17(2)22(27-21(29)14-31-20-9-4-3-5-10-20)23(30)25-12-18-7-6-8-19(11-18)13-28-16-24-15-26-28/h3-11,15-17,22H,12-14H2,1-2H3,(H,25,30)(H,27,29). The van der Waals surface area contributed by atoms with Gasteiger partial charge in [0.05, 0.1) is 6.54 Å². The Morgan fingerprint density at radius 3 is 2.55 bits per heavy atom. The summed E-state index contributed by atoms with van der Waals surface area (Å²) in [5.41, 5.74) is 2.02. The molecule has 0 saturated carbocycles. The van der Waals surface area contributed by atoms with Gasteiger partial charge in [0.1, 0.15) is 24.4 Å². The Bertz CT molecular complexity index is 974. The molecule has 31 heavy (non-hydrogen) atoms. The normalized spacial score (nSPS) is 11.7. The summed E-state index contributed by atoms with van der Waals surface area (Å²) in [5, 5.41) is 9.79. The first kappa shape index (κ1) is 22.0. The lowest BCUT2D eigenvalue weighted by Crippen LogP contribution is -2.50. The zero-order valence-electron chi connectivity index (χ0n) is 17.7. The van der Waals surface area contributed by atoms with Crippen molar-refractivity contribution in [3.05, 3.63) is 78.4 Å². The molecular formula is C23H27N5O3. The van der Waals surface area contributed by atoms with Crippen LogP contribution in [0.1, 0.15) is 25.0 Å². The van der Waals surface area contributed by atoms with Crippen LogP contribution < -0.4 is 15.4 Å². The van der Waals surface area contributed by atoms with Crippen molar-refractivity contribution >= 4 is 11.8 Å². The molecule has 0 radical (unpaired) electrons. The van der Waals surface area contributed by atoms with Crippen LogP contribution in [-0.4, -0.2) is 39.2 Å². The number of hydrogen-bond donors (Lipinski definition) is 2. The molecule has 1 atom stereocenters. The zero-order valence-corrected chi connectivity index (χ0v) is 17.7. The van der Waals surface area contributed by atoms with Crippen LogP contribution in [0.5, 0.6) is 5.75 Å². The second-order valence-corrected chi connectivity index (χ2v) is 7.52. The van der Waals surface area contributed by atoms with E-state index in [9.17, 15) is 9.59 Å². The largest absolute Gasteiger partial charge is 0.484 e. The molecule has 1 unspecified atom stereocenters. The molecule has 2 aromatic carbocycles. The summed E-state index contributed by atoms with van der Waals surface area (Å²) in [4.78, 5) is 28.9. The van der Waals surface area contributed by atoms with Gasteiger partial charge in [0, 0.05) is 6.54 Å². The Balaban J connectivity index is 1.51. The summed E-state index contributed by atoms with van der Waals surface area (Å²) in [6.07, 6.45) is 3.15. The van der Waals surface area contributed by atoms with E-state index in [0.717, 1.165) is 11.1 Å². The van der Waals surface area contributed by atoms with Crippen LogP contribution in [0.2, 0.25) is 0 Å². The molecule has 162 valence electrons. The van der Waals surface area contributed by atoms with Crippen molar-refractivity contribution in [1.82, 2.24) is 25.4 Å². The number of hydrogen-bond acceptors (Lipinski definition) is 5. The molecule has 2 amide bonds. The third-order valence-electron chi connectivity index (χ3n) is 4.65. The number of aromatic nitrogens is 3. The SMILES string of the molecule is CC(C)C(NC(=O)COc1ccccc1)C(=O)NCc1cccc(Cn2cncn2)c1. The van der Waals surface area contributed by atoms with Gasteiger partial charge in [-0.3, -0.25) is 9.59 Å². The molecule has 1 heterocycles. The lowest BCUT2D eigenvalue weighted by molar-refractivity contribution is -0.131. The van der Waals surface area contributed by atoms with Crippen molar-refractivity contribution in [1.29, 1.82) is 0 Å². The second-order valence-electron chi connectivity index (χ2n) is 7.52. The van der Waals surface area contributed by atoms with Crippen LogP contribution in [0.25, 0.3) is 0 Å². The first-order chi connectivity index (χ1) is 15.0. The van der Waals surface area contributed by atoms with Gasteiger partial charge in [-0.1, -0.05) is 56.3 Å². The molecule has 0 aliphatic rings. The van der Waals surface area contributed by atoms with Gasteiger partial charge in [0.2, 0.25) is 5.91 Å². The summed E-state index contributed by atoms with van der Waals surface area (Å²) in [5.74, 6) is -0.0365.